The Morgan fingerprint density at radius 1 is 1.07 bits per heavy atom. The summed E-state index contributed by atoms with van der Waals surface area (Å²) in [6, 6.07) is 0. The van der Waals surface area contributed by atoms with Crippen LogP contribution < -0.4 is 5.32 Å². The van der Waals surface area contributed by atoms with E-state index in [-0.39, 0.29) is 5.66 Å². The largest absolute Gasteiger partial charge is 0.349 e. The van der Waals surface area contributed by atoms with Crippen molar-refractivity contribution in [1.82, 2.24) is 15.1 Å². The van der Waals surface area contributed by atoms with E-state index in [0.29, 0.717) is 0 Å². The molecular formula is C9H19N5. The number of hydrogen-bond donors (Lipinski definition) is 1. The fourth-order valence-corrected chi connectivity index (χ4v) is 1.11. The van der Waals surface area contributed by atoms with Crippen LogP contribution in [0.15, 0.2) is 9.98 Å². The maximum absolute atomic E-state index is 4.46. The van der Waals surface area contributed by atoms with Gasteiger partial charge in [0.1, 0.15) is 5.66 Å². The average molecular weight is 197 g/mol. The van der Waals surface area contributed by atoms with Crippen molar-refractivity contribution >= 4 is 11.9 Å². The molecule has 1 aliphatic rings. The van der Waals surface area contributed by atoms with Gasteiger partial charge in [-0.25, -0.2) is 4.99 Å². The first-order valence-corrected chi connectivity index (χ1v) is 4.63. The van der Waals surface area contributed by atoms with Crippen molar-refractivity contribution in [3.8, 4) is 0 Å². The topological polar surface area (TPSA) is 43.2 Å². The third kappa shape index (κ3) is 2.37. The summed E-state index contributed by atoms with van der Waals surface area (Å²) in [6.07, 6.45) is 0. The first kappa shape index (κ1) is 10.8. The maximum atomic E-state index is 4.46. The molecule has 0 saturated heterocycles. The molecule has 0 radical (unpaired) electrons. The van der Waals surface area contributed by atoms with E-state index in [4.69, 9.17) is 0 Å². The van der Waals surface area contributed by atoms with Gasteiger partial charge in [0.2, 0.25) is 11.9 Å². The molecule has 80 valence electrons. The Morgan fingerprint density at radius 2 is 1.64 bits per heavy atom. The summed E-state index contributed by atoms with van der Waals surface area (Å²) in [6.45, 7) is 4.04. The van der Waals surface area contributed by atoms with Crippen LogP contribution in [0.3, 0.4) is 0 Å². The van der Waals surface area contributed by atoms with Crippen LogP contribution >= 0.6 is 0 Å². The second-order valence-corrected chi connectivity index (χ2v) is 4.32. The number of rotatable bonds is 0. The average Bonchev–Trinajstić information content (AvgIpc) is 2.01. The molecule has 1 heterocycles. The Kier molecular flexibility index (Phi) is 2.69. The molecule has 0 fully saturated rings. The van der Waals surface area contributed by atoms with Gasteiger partial charge in [-0.2, -0.15) is 4.99 Å². The van der Waals surface area contributed by atoms with Gasteiger partial charge in [0.25, 0.3) is 0 Å². The minimum atomic E-state index is -0.291. The summed E-state index contributed by atoms with van der Waals surface area (Å²) < 4.78 is 0. The normalized spacial score (nSPS) is 19.3. The standard InChI is InChI=1S/C9H19N5/c1-9(2)11-7(13(3)4)10-8(12-9)14(5)6/h1-6H3,(H,10,11,12). The van der Waals surface area contributed by atoms with Crippen molar-refractivity contribution < 1.29 is 0 Å². The fourth-order valence-electron chi connectivity index (χ4n) is 1.11. The Bertz CT molecular complexity index is 275. The van der Waals surface area contributed by atoms with Crippen molar-refractivity contribution in [2.45, 2.75) is 19.5 Å². The highest BCUT2D eigenvalue weighted by Gasteiger charge is 2.25. The van der Waals surface area contributed by atoms with Crippen molar-refractivity contribution in [3.05, 3.63) is 0 Å². The zero-order valence-corrected chi connectivity index (χ0v) is 9.79. The Balaban J connectivity index is 2.99. The highest BCUT2D eigenvalue weighted by molar-refractivity contribution is 5.96. The quantitative estimate of drug-likeness (QED) is 0.601. The van der Waals surface area contributed by atoms with Gasteiger partial charge in [0.05, 0.1) is 0 Å². The van der Waals surface area contributed by atoms with Crippen LogP contribution in [-0.4, -0.2) is 55.6 Å². The molecule has 0 aromatic heterocycles. The molecule has 0 aromatic carbocycles. The van der Waals surface area contributed by atoms with Crippen LogP contribution in [0.25, 0.3) is 0 Å². The fraction of sp³-hybridized carbons (Fsp3) is 0.778. The molecule has 14 heavy (non-hydrogen) atoms. The number of guanidine groups is 2. The molecule has 0 spiro atoms. The van der Waals surface area contributed by atoms with Crippen LogP contribution in [-0.2, 0) is 0 Å². The van der Waals surface area contributed by atoms with Gasteiger partial charge in [0.15, 0.2) is 0 Å². The summed E-state index contributed by atoms with van der Waals surface area (Å²) in [5, 5.41) is 3.24. The second kappa shape index (κ2) is 3.48. The molecule has 0 atom stereocenters. The van der Waals surface area contributed by atoms with Gasteiger partial charge in [-0.1, -0.05) is 0 Å². The monoisotopic (exact) mass is 197 g/mol. The van der Waals surface area contributed by atoms with E-state index in [2.05, 4.69) is 15.3 Å². The molecule has 1 aliphatic heterocycles. The number of nitrogens with one attached hydrogen (secondary N) is 1. The van der Waals surface area contributed by atoms with Gasteiger partial charge in [0, 0.05) is 28.2 Å². The van der Waals surface area contributed by atoms with E-state index in [1.807, 2.05) is 51.8 Å². The zero-order chi connectivity index (χ0) is 10.9. The lowest BCUT2D eigenvalue weighted by Gasteiger charge is -2.32. The van der Waals surface area contributed by atoms with Gasteiger partial charge in [-0.15, -0.1) is 0 Å². The lowest BCUT2D eigenvalue weighted by molar-refractivity contribution is 0.426. The summed E-state index contributed by atoms with van der Waals surface area (Å²) in [7, 11) is 7.80. The predicted octanol–water partition coefficient (Wildman–Crippen LogP) is 0.161. The second-order valence-electron chi connectivity index (χ2n) is 4.32. The third-order valence-electron chi connectivity index (χ3n) is 1.83. The molecule has 5 heteroatoms. The molecular weight excluding hydrogens is 178 g/mol. The van der Waals surface area contributed by atoms with E-state index in [0.717, 1.165) is 11.9 Å². The first-order chi connectivity index (χ1) is 6.32. The molecule has 1 rings (SSSR count). The number of nitrogens with zero attached hydrogens (tertiary/aromatic N) is 4. The van der Waals surface area contributed by atoms with E-state index >= 15 is 0 Å². The summed E-state index contributed by atoms with van der Waals surface area (Å²) in [5.41, 5.74) is -0.291. The van der Waals surface area contributed by atoms with E-state index in [1.165, 1.54) is 0 Å². The summed E-state index contributed by atoms with van der Waals surface area (Å²) in [5.74, 6) is 1.59. The molecule has 0 unspecified atom stereocenters. The zero-order valence-electron chi connectivity index (χ0n) is 9.79. The first-order valence-electron chi connectivity index (χ1n) is 4.63. The molecule has 0 amide bonds. The highest BCUT2D eigenvalue weighted by atomic mass is 15.4. The van der Waals surface area contributed by atoms with E-state index in [1.54, 1.807) is 0 Å². The van der Waals surface area contributed by atoms with Crippen molar-refractivity contribution in [2.24, 2.45) is 9.98 Å². The SMILES string of the molecule is CN(C)C1=NC(C)(C)NC(N(C)C)=N1. The van der Waals surface area contributed by atoms with Crippen molar-refractivity contribution in [1.29, 1.82) is 0 Å². The minimum Gasteiger partial charge on any atom is -0.349 e. The molecule has 0 bridgehead atoms. The lowest BCUT2D eigenvalue weighted by Crippen LogP contribution is -2.52. The van der Waals surface area contributed by atoms with Crippen LogP contribution in [0.1, 0.15) is 13.8 Å². The number of hydrogen-bond acceptors (Lipinski definition) is 5. The minimum absolute atomic E-state index is 0.291. The molecule has 0 saturated carbocycles. The van der Waals surface area contributed by atoms with Crippen LogP contribution in [0, 0.1) is 0 Å². The van der Waals surface area contributed by atoms with Crippen molar-refractivity contribution in [2.75, 3.05) is 28.2 Å². The Hall–Kier alpha value is -1.26. The molecule has 0 aliphatic carbocycles. The predicted molar refractivity (Wildman–Crippen MR) is 59.5 cm³/mol. The smallest absolute Gasteiger partial charge is 0.225 e. The van der Waals surface area contributed by atoms with Gasteiger partial charge < -0.3 is 15.1 Å². The van der Waals surface area contributed by atoms with Gasteiger partial charge in [-0.05, 0) is 13.8 Å². The molecule has 1 N–H and O–H groups in total. The Morgan fingerprint density at radius 3 is 2.07 bits per heavy atom. The number of aliphatic imine (C=N–C) groups is 2. The van der Waals surface area contributed by atoms with Gasteiger partial charge >= 0.3 is 0 Å². The van der Waals surface area contributed by atoms with Crippen LogP contribution in [0.5, 0.6) is 0 Å². The third-order valence-corrected chi connectivity index (χ3v) is 1.83. The highest BCUT2D eigenvalue weighted by Crippen LogP contribution is 2.11. The Labute approximate surface area is 85.5 Å². The lowest BCUT2D eigenvalue weighted by atomic mass is 10.2. The van der Waals surface area contributed by atoms with Crippen LogP contribution in [0.2, 0.25) is 0 Å². The van der Waals surface area contributed by atoms with Crippen LogP contribution in [0.4, 0.5) is 0 Å². The summed E-state index contributed by atoms with van der Waals surface area (Å²) in [4.78, 5) is 12.7. The molecule has 0 aromatic rings. The van der Waals surface area contributed by atoms with E-state index < -0.39 is 0 Å². The van der Waals surface area contributed by atoms with E-state index in [9.17, 15) is 0 Å². The summed E-state index contributed by atoms with van der Waals surface area (Å²) >= 11 is 0. The molecule has 5 nitrogen and oxygen atoms in total. The maximum Gasteiger partial charge on any atom is 0.225 e. The van der Waals surface area contributed by atoms with Gasteiger partial charge in [-0.3, -0.25) is 0 Å². The van der Waals surface area contributed by atoms with Crippen molar-refractivity contribution in [3.63, 3.8) is 0 Å².